The van der Waals surface area contributed by atoms with Crippen LogP contribution >= 0.6 is 34.7 Å². The van der Waals surface area contributed by atoms with Crippen molar-refractivity contribution >= 4 is 34.7 Å². The smallest absolute Gasteiger partial charge is 0.191 e. The van der Waals surface area contributed by atoms with Crippen LogP contribution in [-0.4, -0.2) is 21.4 Å². The minimum atomic E-state index is 0.653. The van der Waals surface area contributed by atoms with Crippen LogP contribution in [0.1, 0.15) is 17.4 Å². The topological polar surface area (TPSA) is 39.9 Å². The van der Waals surface area contributed by atoms with Crippen molar-refractivity contribution < 1.29 is 4.74 Å². The molecule has 0 unspecified atom stereocenters. The van der Waals surface area contributed by atoms with E-state index in [0.717, 1.165) is 26.6 Å². The molecule has 2 aromatic heterocycles. The van der Waals surface area contributed by atoms with Crippen molar-refractivity contribution in [1.29, 1.82) is 0 Å². The van der Waals surface area contributed by atoms with Crippen LogP contribution in [0.2, 0.25) is 4.34 Å². The number of nitrogens with zero attached hydrogens (tertiary/aromatic N) is 3. The summed E-state index contributed by atoms with van der Waals surface area (Å²) in [5, 5.41) is 9.15. The van der Waals surface area contributed by atoms with Crippen LogP contribution in [0.25, 0.3) is 0 Å². The predicted octanol–water partition coefficient (Wildman–Crippen LogP) is 4.73. The van der Waals surface area contributed by atoms with Crippen LogP contribution in [0.4, 0.5) is 0 Å². The fraction of sp³-hybridized carbons (Fsp3) is 0.250. The molecule has 7 heteroatoms. The van der Waals surface area contributed by atoms with Crippen LogP contribution in [-0.2, 0) is 12.3 Å². The molecule has 0 fully saturated rings. The van der Waals surface area contributed by atoms with Gasteiger partial charge < -0.3 is 9.30 Å². The summed E-state index contributed by atoms with van der Waals surface area (Å²) in [6, 6.07) is 12.0. The Bertz CT molecular complexity index is 772. The molecule has 3 aromatic rings. The van der Waals surface area contributed by atoms with Crippen molar-refractivity contribution in [3.05, 3.63) is 57.5 Å². The van der Waals surface area contributed by atoms with E-state index in [1.807, 2.05) is 41.8 Å². The van der Waals surface area contributed by atoms with Gasteiger partial charge >= 0.3 is 0 Å². The third kappa shape index (κ3) is 4.28. The fourth-order valence-corrected chi connectivity index (χ4v) is 4.19. The number of benzene rings is 1. The lowest BCUT2D eigenvalue weighted by Crippen LogP contribution is -2.03. The number of aromatic nitrogens is 3. The first-order chi connectivity index (χ1) is 11.3. The van der Waals surface area contributed by atoms with Gasteiger partial charge in [0.25, 0.3) is 0 Å². The van der Waals surface area contributed by atoms with E-state index in [-0.39, 0.29) is 0 Å². The number of thioether (sulfide) groups is 1. The van der Waals surface area contributed by atoms with Crippen molar-refractivity contribution in [2.24, 2.45) is 0 Å². The first kappa shape index (κ1) is 16.4. The minimum Gasteiger partial charge on any atom is -0.494 e. The average Bonchev–Trinajstić information content (AvgIpc) is 3.16. The number of ether oxygens (including phenoxy) is 1. The molecule has 0 bridgehead atoms. The lowest BCUT2D eigenvalue weighted by Gasteiger charge is -2.11. The Morgan fingerprint density at radius 1 is 1.26 bits per heavy atom. The van der Waals surface area contributed by atoms with E-state index in [9.17, 15) is 0 Å². The van der Waals surface area contributed by atoms with E-state index >= 15 is 0 Å². The van der Waals surface area contributed by atoms with Gasteiger partial charge in [0.2, 0.25) is 0 Å². The third-order valence-electron chi connectivity index (χ3n) is 3.17. The van der Waals surface area contributed by atoms with Gasteiger partial charge in [-0.2, -0.15) is 0 Å². The molecule has 120 valence electrons. The standard InChI is InChI=1S/C16H16ClN3OS2/c1-2-21-14-6-4-3-5-12(14)9-20-11-18-19-16(20)22-10-13-7-8-15(17)23-13/h3-8,11H,2,9-10H2,1H3. The van der Waals surface area contributed by atoms with Crippen molar-refractivity contribution in [3.8, 4) is 5.75 Å². The Kier molecular flexibility index (Phi) is 5.59. The molecule has 0 amide bonds. The van der Waals surface area contributed by atoms with Gasteiger partial charge in [-0.05, 0) is 25.1 Å². The summed E-state index contributed by atoms with van der Waals surface area (Å²) in [5.41, 5.74) is 1.12. The molecule has 1 aromatic carbocycles. The summed E-state index contributed by atoms with van der Waals surface area (Å²) in [5.74, 6) is 1.74. The van der Waals surface area contributed by atoms with Gasteiger partial charge in [0.15, 0.2) is 5.16 Å². The zero-order valence-corrected chi connectivity index (χ0v) is 15.0. The SMILES string of the molecule is CCOc1ccccc1Cn1cnnc1SCc1ccc(Cl)s1. The molecule has 0 aliphatic carbocycles. The molecule has 0 spiro atoms. The Balaban J connectivity index is 1.71. The van der Waals surface area contributed by atoms with Crippen LogP contribution in [0, 0.1) is 0 Å². The van der Waals surface area contributed by atoms with Gasteiger partial charge in [0, 0.05) is 16.2 Å². The Labute approximate surface area is 148 Å². The monoisotopic (exact) mass is 365 g/mol. The molecule has 0 aliphatic rings. The first-order valence-electron chi connectivity index (χ1n) is 7.21. The van der Waals surface area contributed by atoms with Gasteiger partial charge in [-0.1, -0.05) is 41.6 Å². The van der Waals surface area contributed by atoms with E-state index in [2.05, 4.69) is 16.3 Å². The molecular formula is C16H16ClN3OS2. The number of hydrogen-bond donors (Lipinski definition) is 0. The van der Waals surface area contributed by atoms with Gasteiger partial charge in [-0.3, -0.25) is 0 Å². The van der Waals surface area contributed by atoms with Crippen LogP contribution in [0.15, 0.2) is 47.9 Å². The number of halogens is 1. The molecule has 4 nitrogen and oxygen atoms in total. The number of para-hydroxylation sites is 1. The highest BCUT2D eigenvalue weighted by Crippen LogP contribution is 2.29. The maximum atomic E-state index is 5.97. The van der Waals surface area contributed by atoms with Gasteiger partial charge in [-0.15, -0.1) is 21.5 Å². The Hall–Kier alpha value is -1.50. The minimum absolute atomic E-state index is 0.653. The zero-order chi connectivity index (χ0) is 16.1. The summed E-state index contributed by atoms with van der Waals surface area (Å²) < 4.78 is 8.54. The van der Waals surface area contributed by atoms with E-state index < -0.39 is 0 Å². The summed E-state index contributed by atoms with van der Waals surface area (Å²) >= 11 is 9.22. The maximum Gasteiger partial charge on any atom is 0.191 e. The highest BCUT2D eigenvalue weighted by atomic mass is 35.5. The van der Waals surface area contributed by atoms with E-state index in [0.29, 0.717) is 13.2 Å². The van der Waals surface area contributed by atoms with Crippen LogP contribution in [0.3, 0.4) is 0 Å². The van der Waals surface area contributed by atoms with Crippen LogP contribution in [0.5, 0.6) is 5.75 Å². The number of hydrogen-bond acceptors (Lipinski definition) is 5. The highest BCUT2D eigenvalue weighted by Gasteiger charge is 2.10. The lowest BCUT2D eigenvalue weighted by molar-refractivity contribution is 0.335. The second kappa shape index (κ2) is 7.86. The van der Waals surface area contributed by atoms with Gasteiger partial charge in [0.1, 0.15) is 12.1 Å². The van der Waals surface area contributed by atoms with E-state index in [1.165, 1.54) is 4.88 Å². The average molecular weight is 366 g/mol. The Morgan fingerprint density at radius 3 is 2.91 bits per heavy atom. The molecule has 0 radical (unpaired) electrons. The highest BCUT2D eigenvalue weighted by molar-refractivity contribution is 7.98. The third-order valence-corrected chi connectivity index (χ3v) is 5.61. The number of rotatable bonds is 7. The molecule has 0 saturated heterocycles. The van der Waals surface area contributed by atoms with Crippen molar-refractivity contribution in [3.63, 3.8) is 0 Å². The predicted molar refractivity (Wildman–Crippen MR) is 95.6 cm³/mol. The van der Waals surface area contributed by atoms with Crippen molar-refractivity contribution in [1.82, 2.24) is 14.8 Å². The molecule has 0 saturated carbocycles. The largest absolute Gasteiger partial charge is 0.494 e. The molecule has 0 aliphatic heterocycles. The number of thiophene rings is 1. The van der Waals surface area contributed by atoms with E-state index in [1.54, 1.807) is 29.4 Å². The summed E-state index contributed by atoms with van der Waals surface area (Å²) in [6.45, 7) is 3.33. The molecule has 0 N–H and O–H groups in total. The lowest BCUT2D eigenvalue weighted by atomic mass is 10.2. The van der Waals surface area contributed by atoms with Crippen molar-refractivity contribution in [2.45, 2.75) is 24.4 Å². The van der Waals surface area contributed by atoms with E-state index in [4.69, 9.17) is 16.3 Å². The second-order valence-electron chi connectivity index (χ2n) is 4.78. The molecular weight excluding hydrogens is 350 g/mol. The Morgan fingerprint density at radius 2 is 2.13 bits per heavy atom. The maximum absolute atomic E-state index is 5.97. The van der Waals surface area contributed by atoms with Gasteiger partial charge in [-0.25, -0.2) is 0 Å². The fourth-order valence-electron chi connectivity index (χ4n) is 2.14. The summed E-state index contributed by atoms with van der Waals surface area (Å²) in [7, 11) is 0. The molecule has 0 atom stereocenters. The molecule has 2 heterocycles. The summed E-state index contributed by atoms with van der Waals surface area (Å²) in [6.07, 6.45) is 1.76. The van der Waals surface area contributed by atoms with Gasteiger partial charge in [0.05, 0.1) is 17.5 Å². The molecule has 3 rings (SSSR count). The summed E-state index contributed by atoms with van der Waals surface area (Å²) in [4.78, 5) is 1.23. The van der Waals surface area contributed by atoms with Crippen LogP contribution < -0.4 is 4.74 Å². The quantitative estimate of drug-likeness (QED) is 0.567. The zero-order valence-electron chi connectivity index (χ0n) is 12.6. The second-order valence-corrected chi connectivity index (χ2v) is 7.52. The normalized spacial score (nSPS) is 10.9. The first-order valence-corrected chi connectivity index (χ1v) is 9.39. The van der Waals surface area contributed by atoms with Crippen molar-refractivity contribution in [2.75, 3.05) is 6.61 Å². The molecule has 23 heavy (non-hydrogen) atoms.